The summed E-state index contributed by atoms with van der Waals surface area (Å²) in [5.41, 5.74) is 6.69. The molecule has 0 bridgehead atoms. The molecule has 0 atom stereocenters. The Morgan fingerprint density at radius 2 is 1.20 bits per heavy atom. The van der Waals surface area contributed by atoms with Gasteiger partial charge in [0.25, 0.3) is 0 Å². The second-order valence-electron chi connectivity index (χ2n) is 3.83. The van der Waals surface area contributed by atoms with Crippen LogP contribution in [0, 0.1) is 50.6 Å². The van der Waals surface area contributed by atoms with Crippen LogP contribution in [0.15, 0.2) is 18.2 Å². The van der Waals surface area contributed by atoms with E-state index in [0.717, 1.165) is 15.9 Å². The summed E-state index contributed by atoms with van der Waals surface area (Å²) in [6.45, 7) is 9.98. The quantitative estimate of drug-likeness (QED) is 0.346. The minimum atomic E-state index is -0.250. The predicted octanol–water partition coefficient (Wildman–Crippen LogP) is 6.36. The molecular weight excluding hydrogens is 338 g/mol. The van der Waals surface area contributed by atoms with Gasteiger partial charge in [0, 0.05) is 35.7 Å². The molecule has 1 aliphatic rings. The van der Waals surface area contributed by atoms with Crippen molar-refractivity contribution in [3.05, 3.63) is 74.6 Å². The average Bonchev–Trinajstić information content (AvgIpc) is 2.36. The first-order chi connectivity index (χ1) is 5.91. The van der Waals surface area contributed by atoms with Crippen LogP contribution in [0.2, 0.25) is 13.1 Å². The summed E-state index contributed by atoms with van der Waals surface area (Å²) in [5, 5.41) is 0. The van der Waals surface area contributed by atoms with E-state index in [-0.39, 0.29) is 76.3 Å². The monoisotopic (exact) mass is 376 g/mol. The van der Waals surface area contributed by atoms with Gasteiger partial charge in [0.1, 0.15) is 0 Å². The van der Waals surface area contributed by atoms with Gasteiger partial charge in [-0.15, -0.1) is 12.0 Å². The Hall–Kier alpha value is 0.540. The van der Waals surface area contributed by atoms with Gasteiger partial charge in [0.2, 0.25) is 0 Å². The first-order valence-electron chi connectivity index (χ1n) is 4.62. The molecule has 0 amide bonds. The summed E-state index contributed by atoms with van der Waals surface area (Å²) in [7, 11) is 0.750. The number of rotatable bonds is 0. The summed E-state index contributed by atoms with van der Waals surface area (Å²) >= 11 is 0. The van der Waals surface area contributed by atoms with Crippen molar-refractivity contribution < 1.29 is 26.2 Å². The van der Waals surface area contributed by atoms with Crippen molar-refractivity contribution in [1.29, 1.82) is 0 Å². The third-order valence-electron chi connectivity index (χ3n) is 0.586. The molecule has 20 heavy (non-hydrogen) atoms. The Kier molecular flexibility index (Phi) is 126. The molecule has 0 fully saturated rings. The van der Waals surface area contributed by atoms with E-state index in [1.165, 1.54) is 0 Å². The van der Waals surface area contributed by atoms with Crippen molar-refractivity contribution in [3.8, 4) is 0 Å². The summed E-state index contributed by atoms with van der Waals surface area (Å²) in [6, 6.07) is 0. The van der Waals surface area contributed by atoms with Crippen LogP contribution in [-0.2, 0) is 26.2 Å². The van der Waals surface area contributed by atoms with Crippen molar-refractivity contribution in [3.63, 3.8) is 0 Å². The standard InChI is InChI=1S/C5H5.C4H10N.C2H7Si.6CH3.Zr/c1-2-4-5-3-1;1-4(2,3)5;1-3-2;;;;;;;/h1-3H,4H2;5H,1-3H3;3H,1-2H3;6*1H3;/q2*-1;;6*-1;. The molecule has 1 nitrogen and oxygen atoms in total. The van der Waals surface area contributed by atoms with E-state index in [0.29, 0.717) is 0 Å². The first-order valence-corrected chi connectivity index (χ1v) is 6.93. The fourth-order valence-electron chi connectivity index (χ4n) is 0.340. The molecule has 0 spiro atoms. The largest absolute Gasteiger partial charge is 0.673 e. The van der Waals surface area contributed by atoms with E-state index < -0.39 is 0 Å². The number of hydrogen-bond donors (Lipinski definition) is 0. The summed E-state index contributed by atoms with van der Waals surface area (Å²) in [6.07, 6.45) is 10.0. The fraction of sp³-hybridized carbons (Fsp3) is 0.412. The van der Waals surface area contributed by atoms with Crippen molar-refractivity contribution in [2.45, 2.75) is 45.8 Å². The van der Waals surface area contributed by atoms with Crippen molar-refractivity contribution in [2.24, 2.45) is 0 Å². The van der Waals surface area contributed by atoms with Gasteiger partial charge in [-0.3, -0.25) is 6.08 Å². The van der Waals surface area contributed by atoms with Crippen LogP contribution in [0.3, 0.4) is 0 Å². The van der Waals surface area contributed by atoms with Gasteiger partial charge in [-0.25, -0.2) is 12.2 Å². The SMILES string of the molecule is CC(C)(C)[NH-].C[SiH]C.[C-]1=CC=CC1.[CH3-].[CH3-].[CH3-].[CH3-].[CH3-].[CH3-].[Zr]. The molecule has 1 rings (SSSR count). The molecule has 0 aliphatic heterocycles. The van der Waals surface area contributed by atoms with Crippen molar-refractivity contribution >= 4 is 9.52 Å². The second kappa shape index (κ2) is 42.7. The molecule has 0 saturated heterocycles. The van der Waals surface area contributed by atoms with Crippen molar-refractivity contribution in [1.82, 2.24) is 0 Å². The molecule has 0 aromatic rings. The maximum atomic E-state index is 6.94. The number of hydrogen-bond acceptors (Lipinski definition) is 0. The van der Waals surface area contributed by atoms with Gasteiger partial charge >= 0.3 is 0 Å². The topological polar surface area (TPSA) is 23.8 Å². The molecule has 1 radical (unpaired) electrons. The number of nitrogens with one attached hydrogen (secondary N) is 1. The zero-order valence-corrected chi connectivity index (χ0v) is 19.6. The molecule has 129 valence electrons. The predicted molar refractivity (Wildman–Crippen MR) is 103 cm³/mol. The fourth-order valence-corrected chi connectivity index (χ4v) is 0.340. The van der Waals surface area contributed by atoms with Crippen LogP contribution in [-0.4, -0.2) is 15.1 Å². The van der Waals surface area contributed by atoms with Crippen LogP contribution < -0.4 is 0 Å². The smallest absolute Gasteiger partial charge is 0.0213 e. The van der Waals surface area contributed by atoms with E-state index in [2.05, 4.69) is 25.2 Å². The van der Waals surface area contributed by atoms with Crippen LogP contribution in [0.5, 0.6) is 0 Å². The van der Waals surface area contributed by atoms with E-state index in [9.17, 15) is 0 Å². The van der Waals surface area contributed by atoms with Gasteiger partial charge in [-0.1, -0.05) is 33.9 Å². The van der Waals surface area contributed by atoms with Gasteiger partial charge in [-0.05, 0) is 0 Å². The molecule has 1 N–H and O–H groups in total. The Morgan fingerprint density at radius 3 is 1.25 bits per heavy atom. The Bertz CT molecular complexity index is 134. The molecule has 0 saturated carbocycles. The Balaban J connectivity index is -0.0000000113. The van der Waals surface area contributed by atoms with Crippen LogP contribution in [0.25, 0.3) is 5.73 Å². The van der Waals surface area contributed by atoms with E-state index >= 15 is 0 Å². The normalized spacial score (nSPS) is 8.30. The molecule has 3 heteroatoms. The van der Waals surface area contributed by atoms with Crippen LogP contribution in [0.4, 0.5) is 0 Å². The zero-order chi connectivity index (χ0) is 10.7. The Morgan fingerprint density at radius 1 is 0.950 bits per heavy atom. The molecule has 0 aromatic carbocycles. The van der Waals surface area contributed by atoms with Gasteiger partial charge in [0.15, 0.2) is 0 Å². The molecule has 1 aliphatic carbocycles. The first kappa shape index (κ1) is 58.9. The number of allylic oxidation sites excluding steroid dienone is 4. The van der Waals surface area contributed by atoms with Gasteiger partial charge in [0.05, 0.1) is 0 Å². The Labute approximate surface area is 155 Å². The minimum Gasteiger partial charge on any atom is -0.673 e. The van der Waals surface area contributed by atoms with Crippen LogP contribution in [0.1, 0.15) is 27.2 Å². The second-order valence-corrected chi connectivity index (χ2v) is 4.99. The molecule has 0 unspecified atom stereocenters. The van der Waals surface area contributed by atoms with E-state index in [4.69, 9.17) is 5.73 Å². The minimum absolute atomic E-state index is 0. The van der Waals surface area contributed by atoms with E-state index in [1.54, 1.807) is 0 Å². The van der Waals surface area contributed by atoms with Gasteiger partial charge < -0.3 is 50.3 Å². The summed E-state index contributed by atoms with van der Waals surface area (Å²) in [5.74, 6) is 0. The van der Waals surface area contributed by atoms with Gasteiger partial charge in [-0.2, -0.15) is 6.08 Å². The molecular formula is C17H40NSiZr-8. The molecule has 0 aromatic heterocycles. The third kappa shape index (κ3) is 186. The average molecular weight is 378 g/mol. The zero-order valence-electron chi connectivity index (χ0n) is 16.0. The molecule has 0 heterocycles. The summed E-state index contributed by atoms with van der Waals surface area (Å²) in [4.78, 5) is 0. The maximum Gasteiger partial charge on any atom is 0.0213 e. The maximum absolute atomic E-state index is 6.94. The van der Waals surface area contributed by atoms with Crippen LogP contribution >= 0.6 is 0 Å². The van der Waals surface area contributed by atoms with E-state index in [1.807, 2.05) is 32.9 Å². The summed E-state index contributed by atoms with van der Waals surface area (Å²) < 4.78 is 0. The third-order valence-corrected chi connectivity index (χ3v) is 0.586. The van der Waals surface area contributed by atoms with Crippen molar-refractivity contribution in [2.75, 3.05) is 0 Å².